The van der Waals surface area contributed by atoms with Gasteiger partial charge in [0.25, 0.3) is 5.91 Å². The van der Waals surface area contributed by atoms with Crippen molar-refractivity contribution in [3.8, 4) is 0 Å². The van der Waals surface area contributed by atoms with E-state index in [-0.39, 0.29) is 10.6 Å². The SMILES string of the molecule is Cc1ccc(C)c(NC(=O)COC(=O)c2ccc(F)cc2Cl)c1. The molecule has 23 heavy (non-hydrogen) atoms. The minimum absolute atomic E-state index is 0.00704. The number of anilines is 1. The summed E-state index contributed by atoms with van der Waals surface area (Å²) in [5, 5.41) is 2.61. The lowest BCUT2D eigenvalue weighted by molar-refractivity contribution is -0.119. The molecule has 1 amide bonds. The first-order chi connectivity index (χ1) is 10.9. The zero-order valence-electron chi connectivity index (χ0n) is 12.7. The zero-order valence-corrected chi connectivity index (χ0v) is 13.4. The second-order valence-corrected chi connectivity index (χ2v) is 5.47. The quantitative estimate of drug-likeness (QED) is 0.862. The maximum absolute atomic E-state index is 12.9. The molecule has 0 radical (unpaired) electrons. The van der Waals surface area contributed by atoms with E-state index in [0.717, 1.165) is 23.3 Å². The monoisotopic (exact) mass is 335 g/mol. The topological polar surface area (TPSA) is 55.4 Å². The Morgan fingerprint density at radius 3 is 2.61 bits per heavy atom. The van der Waals surface area contributed by atoms with Crippen LogP contribution in [-0.2, 0) is 9.53 Å². The third-order valence-corrected chi connectivity index (χ3v) is 3.47. The first-order valence-corrected chi connectivity index (χ1v) is 7.24. The van der Waals surface area contributed by atoms with E-state index in [1.807, 2.05) is 32.0 Å². The maximum atomic E-state index is 12.9. The highest BCUT2D eigenvalue weighted by atomic mass is 35.5. The summed E-state index contributed by atoms with van der Waals surface area (Å²) in [7, 11) is 0. The number of carbonyl (C=O) groups is 2. The van der Waals surface area contributed by atoms with Crippen LogP contribution in [0.2, 0.25) is 5.02 Å². The standard InChI is InChI=1S/C17H15ClFNO3/c1-10-3-4-11(2)15(7-10)20-16(21)9-23-17(22)13-6-5-12(19)8-14(13)18/h3-8H,9H2,1-2H3,(H,20,21). The number of rotatable bonds is 4. The van der Waals surface area contributed by atoms with Crippen LogP contribution < -0.4 is 5.32 Å². The Balaban J connectivity index is 1.96. The molecule has 2 aromatic rings. The van der Waals surface area contributed by atoms with Crippen LogP contribution in [0.4, 0.5) is 10.1 Å². The van der Waals surface area contributed by atoms with Crippen molar-refractivity contribution in [3.63, 3.8) is 0 Å². The molecule has 0 aliphatic carbocycles. The Labute approximate surface area is 138 Å². The van der Waals surface area contributed by atoms with Crippen LogP contribution in [0.25, 0.3) is 0 Å². The Morgan fingerprint density at radius 1 is 1.17 bits per heavy atom. The van der Waals surface area contributed by atoms with Crippen LogP contribution in [0.5, 0.6) is 0 Å². The number of amides is 1. The number of benzene rings is 2. The van der Waals surface area contributed by atoms with Crippen molar-refractivity contribution in [1.29, 1.82) is 0 Å². The number of carbonyl (C=O) groups excluding carboxylic acids is 2. The summed E-state index contributed by atoms with van der Waals surface area (Å²) in [5.74, 6) is -1.81. The normalized spacial score (nSPS) is 10.3. The van der Waals surface area contributed by atoms with E-state index < -0.39 is 24.3 Å². The summed E-state index contributed by atoms with van der Waals surface area (Å²) in [6, 6.07) is 8.96. The number of nitrogens with one attached hydrogen (secondary N) is 1. The maximum Gasteiger partial charge on any atom is 0.340 e. The summed E-state index contributed by atoms with van der Waals surface area (Å²) in [5.41, 5.74) is 2.57. The third kappa shape index (κ3) is 4.53. The summed E-state index contributed by atoms with van der Waals surface area (Å²) in [6.45, 7) is 3.31. The Bertz CT molecular complexity index is 761. The number of hydrogen-bond donors (Lipinski definition) is 1. The molecule has 0 aliphatic rings. The molecule has 0 heterocycles. The third-order valence-electron chi connectivity index (χ3n) is 3.15. The van der Waals surface area contributed by atoms with Gasteiger partial charge in [-0.1, -0.05) is 23.7 Å². The van der Waals surface area contributed by atoms with E-state index in [9.17, 15) is 14.0 Å². The lowest BCUT2D eigenvalue weighted by Crippen LogP contribution is -2.21. The summed E-state index contributed by atoms with van der Waals surface area (Å²) in [6.07, 6.45) is 0. The fraction of sp³-hybridized carbons (Fsp3) is 0.176. The van der Waals surface area contributed by atoms with Crippen LogP contribution >= 0.6 is 11.6 Å². The van der Waals surface area contributed by atoms with Crippen molar-refractivity contribution < 1.29 is 18.7 Å². The smallest absolute Gasteiger partial charge is 0.340 e. The molecule has 0 saturated carbocycles. The molecule has 6 heteroatoms. The van der Waals surface area contributed by atoms with Gasteiger partial charge < -0.3 is 10.1 Å². The van der Waals surface area contributed by atoms with Crippen molar-refractivity contribution in [3.05, 3.63) is 63.9 Å². The minimum Gasteiger partial charge on any atom is -0.452 e. The van der Waals surface area contributed by atoms with Gasteiger partial charge in [-0.2, -0.15) is 0 Å². The van der Waals surface area contributed by atoms with E-state index in [2.05, 4.69) is 5.32 Å². The van der Waals surface area contributed by atoms with Crippen molar-refractivity contribution in [2.75, 3.05) is 11.9 Å². The van der Waals surface area contributed by atoms with Crippen LogP contribution in [0.15, 0.2) is 36.4 Å². The van der Waals surface area contributed by atoms with E-state index >= 15 is 0 Å². The molecule has 0 fully saturated rings. The van der Waals surface area contributed by atoms with E-state index in [1.165, 1.54) is 6.07 Å². The van der Waals surface area contributed by atoms with Crippen LogP contribution in [0.1, 0.15) is 21.5 Å². The Hall–Kier alpha value is -2.40. The zero-order chi connectivity index (χ0) is 17.0. The summed E-state index contributed by atoms with van der Waals surface area (Å²) < 4.78 is 17.8. The Morgan fingerprint density at radius 2 is 1.91 bits per heavy atom. The van der Waals surface area contributed by atoms with Gasteiger partial charge in [-0.3, -0.25) is 4.79 Å². The van der Waals surface area contributed by atoms with Crippen molar-refractivity contribution >= 4 is 29.2 Å². The highest BCUT2D eigenvalue weighted by Gasteiger charge is 2.14. The van der Waals surface area contributed by atoms with Crippen molar-refractivity contribution in [2.24, 2.45) is 0 Å². The van der Waals surface area contributed by atoms with Crippen LogP contribution in [-0.4, -0.2) is 18.5 Å². The lowest BCUT2D eigenvalue weighted by Gasteiger charge is -2.10. The van der Waals surface area contributed by atoms with E-state index in [4.69, 9.17) is 16.3 Å². The average molecular weight is 336 g/mol. The number of ether oxygens (including phenoxy) is 1. The molecule has 0 spiro atoms. The molecule has 1 N–H and O–H groups in total. The largest absolute Gasteiger partial charge is 0.452 e. The van der Waals surface area contributed by atoms with Gasteiger partial charge in [-0.25, -0.2) is 9.18 Å². The highest BCUT2D eigenvalue weighted by molar-refractivity contribution is 6.33. The number of hydrogen-bond acceptors (Lipinski definition) is 3. The molecule has 2 aromatic carbocycles. The van der Waals surface area contributed by atoms with Gasteiger partial charge in [0.15, 0.2) is 6.61 Å². The fourth-order valence-corrected chi connectivity index (χ4v) is 2.17. The van der Waals surface area contributed by atoms with Gasteiger partial charge in [0, 0.05) is 5.69 Å². The van der Waals surface area contributed by atoms with Gasteiger partial charge in [0.2, 0.25) is 0 Å². The van der Waals surface area contributed by atoms with Gasteiger partial charge in [-0.15, -0.1) is 0 Å². The molecule has 0 saturated heterocycles. The number of halogens is 2. The second-order valence-electron chi connectivity index (χ2n) is 5.07. The molecular formula is C17H15ClFNO3. The van der Waals surface area contributed by atoms with Gasteiger partial charge in [0.1, 0.15) is 5.82 Å². The predicted molar refractivity (Wildman–Crippen MR) is 86.2 cm³/mol. The van der Waals surface area contributed by atoms with Crippen LogP contribution in [0.3, 0.4) is 0 Å². The van der Waals surface area contributed by atoms with Gasteiger partial charge in [0.05, 0.1) is 10.6 Å². The molecule has 0 aromatic heterocycles. The first kappa shape index (κ1) is 17.0. The lowest BCUT2D eigenvalue weighted by atomic mass is 10.1. The Kier molecular flexibility index (Phi) is 5.34. The second kappa shape index (κ2) is 7.24. The fourth-order valence-electron chi connectivity index (χ4n) is 1.92. The molecule has 0 unspecified atom stereocenters. The molecule has 0 bridgehead atoms. The molecule has 0 aliphatic heterocycles. The van der Waals surface area contributed by atoms with E-state index in [0.29, 0.717) is 5.69 Å². The summed E-state index contributed by atoms with van der Waals surface area (Å²) in [4.78, 5) is 23.7. The number of aryl methyl sites for hydroxylation is 2. The van der Waals surface area contributed by atoms with Gasteiger partial charge in [-0.05, 0) is 49.2 Å². The predicted octanol–water partition coefficient (Wildman–Crippen LogP) is 3.89. The molecule has 0 atom stereocenters. The summed E-state index contributed by atoms with van der Waals surface area (Å²) >= 11 is 5.77. The van der Waals surface area contributed by atoms with Crippen LogP contribution in [0, 0.1) is 19.7 Å². The van der Waals surface area contributed by atoms with Crippen molar-refractivity contribution in [2.45, 2.75) is 13.8 Å². The molecule has 4 nitrogen and oxygen atoms in total. The highest BCUT2D eigenvalue weighted by Crippen LogP contribution is 2.19. The van der Waals surface area contributed by atoms with Crippen molar-refractivity contribution in [1.82, 2.24) is 0 Å². The van der Waals surface area contributed by atoms with E-state index in [1.54, 1.807) is 0 Å². The molecule has 2 rings (SSSR count). The average Bonchev–Trinajstić information content (AvgIpc) is 2.48. The minimum atomic E-state index is -0.786. The van der Waals surface area contributed by atoms with Gasteiger partial charge >= 0.3 is 5.97 Å². The number of esters is 1. The first-order valence-electron chi connectivity index (χ1n) is 6.86. The molecule has 120 valence electrons. The molecular weight excluding hydrogens is 321 g/mol.